The van der Waals surface area contributed by atoms with Gasteiger partial charge in [-0.1, -0.05) is 126 Å². The summed E-state index contributed by atoms with van der Waals surface area (Å²) in [4.78, 5) is 20.8. The molecule has 1 fully saturated rings. The van der Waals surface area contributed by atoms with Crippen LogP contribution in [0.1, 0.15) is 41.6 Å². The second kappa shape index (κ2) is 14.4. The normalized spacial score (nSPS) is 20.5. The minimum Gasteiger partial charge on any atom is -0.392 e. The van der Waals surface area contributed by atoms with Crippen LogP contribution in [0, 0.1) is 5.92 Å². The molecule has 224 valence electrons. The van der Waals surface area contributed by atoms with E-state index in [9.17, 15) is 9.90 Å². The van der Waals surface area contributed by atoms with Crippen LogP contribution in [0.2, 0.25) is 0 Å². The van der Waals surface area contributed by atoms with E-state index in [0.717, 1.165) is 33.4 Å². The summed E-state index contributed by atoms with van der Waals surface area (Å²) in [5, 5.41) is 12.9. The molecule has 43 heavy (non-hydrogen) atoms. The molecule has 4 atom stereocenters. The summed E-state index contributed by atoms with van der Waals surface area (Å²) < 4.78 is 11.1. The minimum absolute atomic E-state index is 0.0157. The molecule has 0 radical (unpaired) electrons. The molecule has 5 rings (SSSR count). The molecule has 1 aliphatic rings. The van der Waals surface area contributed by atoms with Crippen molar-refractivity contribution in [2.45, 2.75) is 47.5 Å². The maximum atomic E-state index is 12.1. The molecule has 0 unspecified atom stereocenters. The van der Waals surface area contributed by atoms with Gasteiger partial charge in [-0.25, -0.2) is 9.97 Å². The van der Waals surface area contributed by atoms with E-state index in [1.54, 1.807) is 30.2 Å². The summed E-state index contributed by atoms with van der Waals surface area (Å²) in [6.07, 6.45) is 2.49. The molecular formula is C32H30Cl3N3O4S. The summed E-state index contributed by atoms with van der Waals surface area (Å²) in [5.74, 6) is 0.0128. The van der Waals surface area contributed by atoms with Crippen molar-refractivity contribution in [3.05, 3.63) is 114 Å². The Hall–Kier alpha value is -2.69. The van der Waals surface area contributed by atoms with E-state index in [0.29, 0.717) is 10.9 Å². The lowest BCUT2D eigenvalue weighted by Gasteiger charge is -2.41. The number of aliphatic hydroxyl groups is 1. The van der Waals surface area contributed by atoms with E-state index < -0.39 is 16.0 Å². The van der Waals surface area contributed by atoms with Gasteiger partial charge in [-0.3, -0.25) is 4.79 Å². The number of hydrogen-bond donors (Lipinski definition) is 2. The summed E-state index contributed by atoms with van der Waals surface area (Å²) in [7, 11) is 0. The fourth-order valence-corrected chi connectivity index (χ4v) is 6.04. The quantitative estimate of drug-likeness (QED) is 0.112. The van der Waals surface area contributed by atoms with Gasteiger partial charge in [0.15, 0.2) is 11.4 Å². The van der Waals surface area contributed by atoms with Crippen molar-refractivity contribution >= 4 is 52.5 Å². The van der Waals surface area contributed by atoms with Crippen LogP contribution in [0.3, 0.4) is 0 Å². The Balaban J connectivity index is 1.37. The molecular weight excluding hydrogens is 629 g/mol. The molecule has 0 spiro atoms. The van der Waals surface area contributed by atoms with Crippen LogP contribution in [-0.4, -0.2) is 36.6 Å². The van der Waals surface area contributed by atoms with Gasteiger partial charge in [-0.2, -0.15) is 0 Å². The van der Waals surface area contributed by atoms with E-state index in [2.05, 4.69) is 22.2 Å². The molecule has 0 aliphatic carbocycles. The number of halogens is 3. The zero-order valence-corrected chi connectivity index (χ0v) is 26.3. The molecule has 7 nitrogen and oxygen atoms in total. The Bertz CT molecular complexity index is 1510. The highest BCUT2D eigenvalue weighted by Crippen LogP contribution is 2.43. The van der Waals surface area contributed by atoms with Crippen molar-refractivity contribution in [3.8, 4) is 11.1 Å². The molecule has 2 N–H and O–H groups in total. The van der Waals surface area contributed by atoms with Crippen LogP contribution in [-0.2, 0) is 27.4 Å². The Morgan fingerprint density at radius 1 is 0.930 bits per heavy atom. The van der Waals surface area contributed by atoms with Crippen molar-refractivity contribution < 1.29 is 19.4 Å². The summed E-state index contributed by atoms with van der Waals surface area (Å²) >= 11 is 18.7. The number of carbonyl (C=O) groups excluding carboxylic acids is 1. The van der Waals surface area contributed by atoms with Crippen molar-refractivity contribution in [2.75, 3.05) is 5.75 Å². The highest BCUT2D eigenvalue weighted by Gasteiger charge is 2.38. The molecule has 1 saturated heterocycles. The van der Waals surface area contributed by atoms with E-state index >= 15 is 0 Å². The zero-order valence-electron chi connectivity index (χ0n) is 23.2. The lowest BCUT2D eigenvalue weighted by molar-refractivity contribution is -0.268. The maximum Gasteiger partial charge on any atom is 0.272 e. The number of thioether (sulfide) groups is 1. The van der Waals surface area contributed by atoms with Gasteiger partial charge in [0.05, 0.1) is 18.8 Å². The molecule has 1 aliphatic heterocycles. The monoisotopic (exact) mass is 657 g/mol. The number of hydrogen-bond acceptors (Lipinski definition) is 7. The van der Waals surface area contributed by atoms with Gasteiger partial charge in [-0.15, -0.1) is 0 Å². The molecule has 11 heteroatoms. The number of rotatable bonds is 9. The number of ether oxygens (including phenoxy) is 2. The first kappa shape index (κ1) is 31.7. The van der Waals surface area contributed by atoms with Gasteiger partial charge < -0.3 is 19.9 Å². The highest BCUT2D eigenvalue weighted by atomic mass is 35.6. The largest absolute Gasteiger partial charge is 0.392 e. The number of amides is 1. The third-order valence-electron chi connectivity index (χ3n) is 7.25. The van der Waals surface area contributed by atoms with E-state index in [1.807, 2.05) is 72.8 Å². The van der Waals surface area contributed by atoms with Crippen LogP contribution in [0.15, 0.2) is 96.4 Å². The second-order valence-corrected chi connectivity index (χ2v) is 13.4. The highest BCUT2D eigenvalue weighted by molar-refractivity contribution is 7.99. The average molecular weight is 659 g/mol. The van der Waals surface area contributed by atoms with Gasteiger partial charge in [0.2, 0.25) is 0 Å². The number of carbonyl (C=O) groups is 1. The third-order valence-corrected chi connectivity index (χ3v) is 8.73. The van der Waals surface area contributed by atoms with Crippen LogP contribution < -0.4 is 5.32 Å². The lowest BCUT2D eigenvalue weighted by Crippen LogP contribution is -2.38. The van der Waals surface area contributed by atoms with Gasteiger partial charge in [0, 0.05) is 36.2 Å². The first-order valence-electron chi connectivity index (χ1n) is 13.7. The smallest absolute Gasteiger partial charge is 0.272 e. The van der Waals surface area contributed by atoms with E-state index in [1.165, 1.54) is 0 Å². The Kier molecular flexibility index (Phi) is 10.6. The molecule has 1 aromatic heterocycles. The maximum absolute atomic E-state index is 12.1. The van der Waals surface area contributed by atoms with Crippen molar-refractivity contribution in [1.29, 1.82) is 0 Å². The predicted molar refractivity (Wildman–Crippen MR) is 170 cm³/mol. The Labute approximate surface area is 269 Å². The molecule has 1 amide bonds. The van der Waals surface area contributed by atoms with Gasteiger partial charge in [-0.05, 0) is 33.9 Å². The summed E-state index contributed by atoms with van der Waals surface area (Å²) in [6, 6.07) is 25.3. The second-order valence-electron chi connectivity index (χ2n) is 10.1. The zero-order chi connectivity index (χ0) is 30.4. The van der Waals surface area contributed by atoms with Crippen LogP contribution in [0.25, 0.3) is 11.1 Å². The topological polar surface area (TPSA) is 93.6 Å². The first-order valence-corrected chi connectivity index (χ1v) is 15.8. The van der Waals surface area contributed by atoms with E-state index in [-0.39, 0.29) is 31.3 Å². The number of nitrogens with zero attached hydrogens (tertiary/aromatic N) is 2. The van der Waals surface area contributed by atoms with Gasteiger partial charge in [0.1, 0.15) is 0 Å². The summed E-state index contributed by atoms with van der Waals surface area (Å²) in [6.45, 7) is 2.32. The van der Waals surface area contributed by atoms with Crippen molar-refractivity contribution in [2.24, 2.45) is 5.92 Å². The molecule has 0 bridgehead atoms. The van der Waals surface area contributed by atoms with Crippen LogP contribution in [0.5, 0.6) is 0 Å². The van der Waals surface area contributed by atoms with Crippen LogP contribution >= 0.6 is 46.6 Å². The number of alkyl halides is 3. The van der Waals surface area contributed by atoms with E-state index in [4.69, 9.17) is 44.3 Å². The van der Waals surface area contributed by atoms with Crippen molar-refractivity contribution in [1.82, 2.24) is 15.3 Å². The SMILES string of the molecule is C[C@H]1[C@@H](CSc2ncccn2)O[C@@H](c2ccc(-c3ccccc3CNC(=O)C(Cl)(Cl)Cl)cc2)O[C@H]1c1ccc(CO)cc1. The van der Waals surface area contributed by atoms with Crippen molar-refractivity contribution in [3.63, 3.8) is 0 Å². The molecule has 2 heterocycles. The average Bonchev–Trinajstić information content (AvgIpc) is 3.03. The minimum atomic E-state index is -2.03. The van der Waals surface area contributed by atoms with Gasteiger partial charge >= 0.3 is 0 Å². The fraction of sp³-hybridized carbons (Fsp3) is 0.281. The first-order chi connectivity index (χ1) is 20.7. The standard InChI is InChI=1S/C32H30Cl3N3O4S/c1-20-27(19-43-31-36-15-4-16-37-31)41-29(42-28(20)23-9-7-21(18-39)8-10-23)24-13-11-22(12-14-24)26-6-3-2-5-25(26)17-38-30(40)32(33,34)35/h2-16,20,27-29,39H,17-19H2,1H3,(H,38,40)/t20-,27+,28+,29+/m0/s1. The summed E-state index contributed by atoms with van der Waals surface area (Å²) in [5.41, 5.74) is 5.51. The third kappa shape index (κ3) is 8.08. The van der Waals surface area contributed by atoms with Gasteiger partial charge in [0.25, 0.3) is 9.70 Å². The molecule has 3 aromatic carbocycles. The van der Waals surface area contributed by atoms with Crippen LogP contribution in [0.4, 0.5) is 0 Å². The number of aliphatic hydroxyl groups excluding tert-OH is 1. The predicted octanol–water partition coefficient (Wildman–Crippen LogP) is 7.21. The number of aromatic nitrogens is 2. The molecule has 0 saturated carbocycles. The Morgan fingerprint density at radius 2 is 1.60 bits per heavy atom. The lowest BCUT2D eigenvalue weighted by atomic mass is 9.91. The fourth-order valence-electron chi connectivity index (χ4n) is 4.88. The number of nitrogens with one attached hydrogen (secondary N) is 1. The number of benzene rings is 3. The Morgan fingerprint density at radius 3 is 2.28 bits per heavy atom. The molecule has 4 aromatic rings.